The van der Waals surface area contributed by atoms with E-state index in [4.69, 9.17) is 4.74 Å². The summed E-state index contributed by atoms with van der Waals surface area (Å²) in [6.45, 7) is 3.91. The molecule has 0 aliphatic heterocycles. The van der Waals surface area contributed by atoms with Crippen LogP contribution in [0, 0.1) is 11.8 Å². The van der Waals surface area contributed by atoms with Gasteiger partial charge < -0.3 is 4.74 Å². The highest BCUT2D eigenvalue weighted by atomic mass is 16.5. The predicted molar refractivity (Wildman–Crippen MR) is 90.7 cm³/mol. The number of methoxy groups -OCH3 is 1. The van der Waals surface area contributed by atoms with Crippen LogP contribution in [0.4, 0.5) is 0 Å². The minimum Gasteiger partial charge on any atom is -0.380 e. The van der Waals surface area contributed by atoms with E-state index >= 15 is 0 Å². The number of rotatable bonds is 7. The quantitative estimate of drug-likeness (QED) is 0.572. The highest BCUT2D eigenvalue weighted by Crippen LogP contribution is 2.25. The van der Waals surface area contributed by atoms with E-state index < -0.39 is 12.0 Å². The summed E-state index contributed by atoms with van der Waals surface area (Å²) in [5.41, 5.74) is 1.06. The van der Waals surface area contributed by atoms with Crippen molar-refractivity contribution in [3.05, 3.63) is 71.8 Å². The first-order valence-electron chi connectivity index (χ1n) is 7.77. The van der Waals surface area contributed by atoms with E-state index in [0.29, 0.717) is 11.1 Å². The Morgan fingerprint density at radius 1 is 0.783 bits per heavy atom. The molecule has 0 saturated heterocycles. The summed E-state index contributed by atoms with van der Waals surface area (Å²) in [4.78, 5) is 25.9. The zero-order valence-electron chi connectivity index (χ0n) is 13.7. The van der Waals surface area contributed by atoms with Crippen molar-refractivity contribution < 1.29 is 14.3 Å². The Morgan fingerprint density at radius 3 is 1.48 bits per heavy atom. The second-order valence-electron chi connectivity index (χ2n) is 5.88. The molecule has 2 rings (SSSR count). The Balaban J connectivity index is 2.44. The molecule has 0 fully saturated rings. The molecule has 0 spiro atoms. The monoisotopic (exact) mass is 310 g/mol. The summed E-state index contributed by atoms with van der Waals surface area (Å²) in [7, 11) is 1.55. The normalized spacial score (nSPS) is 12.4. The van der Waals surface area contributed by atoms with E-state index in [-0.39, 0.29) is 17.5 Å². The Kier molecular flexibility index (Phi) is 5.83. The molecular formula is C20H22O3. The first kappa shape index (κ1) is 17.1. The second-order valence-corrected chi connectivity index (χ2v) is 5.88. The van der Waals surface area contributed by atoms with Gasteiger partial charge in [0.2, 0.25) is 0 Å². The number of carbonyl (C=O) groups excluding carboxylic acids is 2. The average molecular weight is 310 g/mol. The summed E-state index contributed by atoms with van der Waals surface area (Å²) in [5, 5.41) is 0. The van der Waals surface area contributed by atoms with Crippen LogP contribution in [-0.2, 0) is 4.74 Å². The van der Waals surface area contributed by atoms with Gasteiger partial charge in [-0.25, -0.2) is 0 Å². The fourth-order valence-corrected chi connectivity index (χ4v) is 2.77. The summed E-state index contributed by atoms with van der Waals surface area (Å²) in [6.07, 6.45) is -0.463. The molecule has 0 radical (unpaired) electrons. The van der Waals surface area contributed by atoms with Crippen LogP contribution in [0.2, 0.25) is 0 Å². The number of ketones is 2. The number of ether oxygens (including phenoxy) is 1. The van der Waals surface area contributed by atoms with Gasteiger partial charge in [0.25, 0.3) is 0 Å². The maximum absolute atomic E-state index is 13.0. The van der Waals surface area contributed by atoms with Crippen molar-refractivity contribution in [3.8, 4) is 0 Å². The molecule has 3 nitrogen and oxygen atoms in total. The van der Waals surface area contributed by atoms with Crippen molar-refractivity contribution in [2.75, 3.05) is 7.11 Å². The summed E-state index contributed by atoms with van der Waals surface area (Å²) in [5.74, 6) is -1.19. The van der Waals surface area contributed by atoms with Gasteiger partial charge in [-0.05, 0) is 5.92 Å². The molecule has 1 atom stereocenters. The van der Waals surface area contributed by atoms with E-state index in [0.717, 1.165) is 0 Å². The number of hydrogen-bond donors (Lipinski definition) is 0. The second kappa shape index (κ2) is 7.84. The number of benzene rings is 2. The lowest BCUT2D eigenvalue weighted by Crippen LogP contribution is -2.39. The van der Waals surface area contributed by atoms with E-state index in [1.807, 2.05) is 26.0 Å². The summed E-state index contributed by atoms with van der Waals surface area (Å²) < 4.78 is 5.52. The Bertz CT molecular complexity index is 596. The van der Waals surface area contributed by atoms with E-state index in [9.17, 15) is 9.59 Å². The van der Waals surface area contributed by atoms with Crippen molar-refractivity contribution in [2.45, 2.75) is 20.0 Å². The molecular weight excluding hydrogens is 288 g/mol. The summed E-state index contributed by atoms with van der Waals surface area (Å²) in [6, 6.07) is 17.8. The van der Waals surface area contributed by atoms with Crippen molar-refractivity contribution in [3.63, 3.8) is 0 Å². The van der Waals surface area contributed by atoms with Crippen molar-refractivity contribution in [2.24, 2.45) is 11.8 Å². The highest BCUT2D eigenvalue weighted by molar-refractivity contribution is 6.16. The smallest absolute Gasteiger partial charge is 0.176 e. The van der Waals surface area contributed by atoms with Crippen molar-refractivity contribution in [1.82, 2.24) is 0 Å². The van der Waals surface area contributed by atoms with Crippen LogP contribution in [0.3, 0.4) is 0 Å². The molecule has 0 aromatic heterocycles. The topological polar surface area (TPSA) is 43.4 Å². The van der Waals surface area contributed by atoms with Gasteiger partial charge in [-0.3, -0.25) is 9.59 Å². The molecule has 0 bridgehead atoms. The van der Waals surface area contributed by atoms with Gasteiger partial charge in [0.15, 0.2) is 11.6 Å². The Morgan fingerprint density at radius 2 is 1.17 bits per heavy atom. The molecule has 2 aromatic carbocycles. The maximum atomic E-state index is 13.0. The number of hydrogen-bond acceptors (Lipinski definition) is 3. The molecule has 23 heavy (non-hydrogen) atoms. The molecule has 120 valence electrons. The third kappa shape index (κ3) is 3.93. The van der Waals surface area contributed by atoms with Crippen LogP contribution in [-0.4, -0.2) is 24.8 Å². The molecule has 0 heterocycles. The first-order valence-corrected chi connectivity index (χ1v) is 7.77. The van der Waals surface area contributed by atoms with Gasteiger partial charge in [-0.1, -0.05) is 74.5 Å². The first-order chi connectivity index (χ1) is 11.1. The van der Waals surface area contributed by atoms with Gasteiger partial charge in [-0.15, -0.1) is 0 Å². The van der Waals surface area contributed by atoms with Crippen LogP contribution in [0.25, 0.3) is 0 Å². The lowest BCUT2D eigenvalue weighted by molar-refractivity contribution is 0.0197. The zero-order valence-corrected chi connectivity index (χ0v) is 13.7. The maximum Gasteiger partial charge on any atom is 0.176 e. The van der Waals surface area contributed by atoms with Gasteiger partial charge in [0, 0.05) is 18.2 Å². The highest BCUT2D eigenvalue weighted by Gasteiger charge is 2.37. The van der Waals surface area contributed by atoms with Crippen LogP contribution in [0.5, 0.6) is 0 Å². The minimum absolute atomic E-state index is 0.0466. The number of carbonyl (C=O) groups is 2. The fraction of sp³-hybridized carbons (Fsp3) is 0.300. The van der Waals surface area contributed by atoms with E-state index in [2.05, 4.69) is 0 Å². The lowest BCUT2D eigenvalue weighted by atomic mass is 9.81. The van der Waals surface area contributed by atoms with Crippen LogP contribution in [0.1, 0.15) is 34.6 Å². The third-order valence-electron chi connectivity index (χ3n) is 3.94. The standard InChI is InChI=1S/C20H22O3/c1-14(2)20(23-3)17(18(21)15-10-6-4-7-11-15)19(22)16-12-8-5-9-13-16/h4-14,17,20H,1-3H3. The van der Waals surface area contributed by atoms with Gasteiger partial charge in [0.1, 0.15) is 5.92 Å². The molecule has 0 aliphatic rings. The molecule has 0 N–H and O–H groups in total. The molecule has 2 aromatic rings. The van der Waals surface area contributed by atoms with Gasteiger partial charge in [-0.2, -0.15) is 0 Å². The van der Waals surface area contributed by atoms with Crippen LogP contribution < -0.4 is 0 Å². The van der Waals surface area contributed by atoms with Gasteiger partial charge >= 0.3 is 0 Å². The van der Waals surface area contributed by atoms with Crippen LogP contribution in [0.15, 0.2) is 60.7 Å². The fourth-order valence-electron chi connectivity index (χ4n) is 2.77. The SMILES string of the molecule is COC(C(C)C)C(C(=O)c1ccccc1)C(=O)c1ccccc1. The zero-order chi connectivity index (χ0) is 16.8. The molecule has 0 aliphatic carbocycles. The molecule has 0 saturated carbocycles. The number of Topliss-reactive ketones (excluding diaryl/α,β-unsaturated/α-hetero) is 2. The van der Waals surface area contributed by atoms with Crippen molar-refractivity contribution >= 4 is 11.6 Å². The average Bonchev–Trinajstić information content (AvgIpc) is 2.59. The third-order valence-corrected chi connectivity index (χ3v) is 3.94. The largest absolute Gasteiger partial charge is 0.380 e. The van der Waals surface area contributed by atoms with E-state index in [1.54, 1.807) is 55.6 Å². The Hall–Kier alpha value is -2.26. The summed E-state index contributed by atoms with van der Waals surface area (Å²) >= 11 is 0. The van der Waals surface area contributed by atoms with Crippen molar-refractivity contribution in [1.29, 1.82) is 0 Å². The predicted octanol–water partition coefficient (Wildman–Crippen LogP) is 4.04. The molecule has 0 amide bonds. The van der Waals surface area contributed by atoms with E-state index in [1.165, 1.54) is 0 Å². The van der Waals surface area contributed by atoms with Crippen LogP contribution >= 0.6 is 0 Å². The Labute approximate surface area is 137 Å². The molecule has 3 heteroatoms. The van der Waals surface area contributed by atoms with Gasteiger partial charge in [0.05, 0.1) is 6.10 Å². The minimum atomic E-state index is -0.843. The lowest BCUT2D eigenvalue weighted by Gasteiger charge is -2.27. The molecule has 1 unspecified atom stereocenters.